The topological polar surface area (TPSA) is 56.1 Å². The smallest absolute Gasteiger partial charge is 0.322 e. The number of hydrogen-bond donors (Lipinski definition) is 1. The van der Waals surface area contributed by atoms with Gasteiger partial charge in [-0.05, 0) is 35.9 Å². The standard InChI is InChI=1S/C26H26N6O/c33-26-28-19-24(32(26)23-10-12-31-13-11-27-25(31)18-23)20-6-8-22(9-7-20)30-16-14-29(15-17-30)21-4-2-1-3-5-21/h1-13,18,24H,14-17,19H2,(H,28,33). The van der Waals surface area contributed by atoms with Crippen LogP contribution >= 0.6 is 0 Å². The third-order valence-corrected chi connectivity index (χ3v) is 6.68. The summed E-state index contributed by atoms with van der Waals surface area (Å²) < 4.78 is 1.94. The summed E-state index contributed by atoms with van der Waals surface area (Å²) in [7, 11) is 0. The number of urea groups is 1. The van der Waals surface area contributed by atoms with Crippen molar-refractivity contribution in [2.45, 2.75) is 6.04 Å². The second-order valence-corrected chi connectivity index (χ2v) is 8.55. The quantitative estimate of drug-likeness (QED) is 0.525. The Bertz CT molecular complexity index is 1260. The number of carbonyl (C=O) groups excluding carboxylic acids is 1. The Morgan fingerprint density at radius 3 is 2.21 bits per heavy atom. The van der Waals surface area contributed by atoms with Crippen LogP contribution in [0.5, 0.6) is 0 Å². The first-order valence-corrected chi connectivity index (χ1v) is 11.4. The third kappa shape index (κ3) is 3.65. The van der Waals surface area contributed by atoms with Crippen LogP contribution in [0.2, 0.25) is 0 Å². The molecule has 2 aromatic carbocycles. The highest BCUT2D eigenvalue weighted by Crippen LogP contribution is 2.32. The Balaban J connectivity index is 1.18. The molecule has 0 bridgehead atoms. The van der Waals surface area contributed by atoms with Crippen LogP contribution in [0.1, 0.15) is 11.6 Å². The zero-order valence-electron chi connectivity index (χ0n) is 18.3. The molecule has 6 rings (SSSR count). The zero-order chi connectivity index (χ0) is 22.2. The molecule has 0 spiro atoms. The van der Waals surface area contributed by atoms with Crippen LogP contribution in [-0.2, 0) is 0 Å². The number of fused-ring (bicyclic) bond motifs is 1. The minimum atomic E-state index is -0.0722. The molecule has 166 valence electrons. The van der Waals surface area contributed by atoms with Gasteiger partial charge in [0.2, 0.25) is 0 Å². The molecule has 7 heteroatoms. The predicted octanol–water partition coefficient (Wildman–Crippen LogP) is 3.93. The number of imidazole rings is 1. The number of anilines is 3. The molecule has 2 aliphatic rings. The van der Waals surface area contributed by atoms with Crippen LogP contribution in [-0.4, -0.2) is 48.1 Å². The number of piperazine rings is 1. The SMILES string of the molecule is O=C1NCC(c2ccc(N3CCN(c4ccccc4)CC3)cc2)N1c1ccn2ccnc2c1. The fraction of sp³-hybridized carbons (Fsp3) is 0.231. The van der Waals surface area contributed by atoms with Crippen LogP contribution in [0.4, 0.5) is 21.9 Å². The van der Waals surface area contributed by atoms with E-state index in [4.69, 9.17) is 0 Å². The molecule has 2 fully saturated rings. The van der Waals surface area contributed by atoms with Gasteiger partial charge in [-0.2, -0.15) is 0 Å². The van der Waals surface area contributed by atoms with Gasteiger partial charge in [0.05, 0.1) is 11.7 Å². The average Bonchev–Trinajstić information content (AvgIpc) is 3.51. The van der Waals surface area contributed by atoms with Gasteiger partial charge < -0.3 is 19.5 Å². The summed E-state index contributed by atoms with van der Waals surface area (Å²) in [5.74, 6) is 0. The highest BCUT2D eigenvalue weighted by Gasteiger charge is 2.33. The summed E-state index contributed by atoms with van der Waals surface area (Å²) in [6, 6.07) is 23.1. The van der Waals surface area contributed by atoms with Crippen LogP contribution in [0.25, 0.3) is 5.65 Å². The zero-order valence-corrected chi connectivity index (χ0v) is 18.3. The molecule has 2 amide bonds. The van der Waals surface area contributed by atoms with E-state index in [1.54, 1.807) is 6.20 Å². The van der Waals surface area contributed by atoms with Gasteiger partial charge in [0.15, 0.2) is 0 Å². The van der Waals surface area contributed by atoms with E-state index < -0.39 is 0 Å². The summed E-state index contributed by atoms with van der Waals surface area (Å²) in [6.07, 6.45) is 5.61. The molecule has 2 aromatic heterocycles. The third-order valence-electron chi connectivity index (χ3n) is 6.68. The van der Waals surface area contributed by atoms with Crippen LogP contribution < -0.4 is 20.0 Å². The van der Waals surface area contributed by atoms with Crippen LogP contribution in [0.15, 0.2) is 85.3 Å². The average molecular weight is 439 g/mol. The van der Waals surface area contributed by atoms with E-state index in [2.05, 4.69) is 74.7 Å². The number of rotatable bonds is 4. The highest BCUT2D eigenvalue weighted by atomic mass is 16.2. The molecule has 1 unspecified atom stereocenters. The summed E-state index contributed by atoms with van der Waals surface area (Å²) in [5, 5.41) is 3.00. The molecule has 0 radical (unpaired) electrons. The van der Waals surface area contributed by atoms with Crippen molar-refractivity contribution in [1.29, 1.82) is 0 Å². The maximum Gasteiger partial charge on any atom is 0.322 e. The number of hydrogen-bond acceptors (Lipinski definition) is 4. The van der Waals surface area contributed by atoms with Crippen molar-refractivity contribution < 1.29 is 4.79 Å². The lowest BCUT2D eigenvalue weighted by Gasteiger charge is -2.37. The molecular weight excluding hydrogens is 412 g/mol. The van der Waals surface area contributed by atoms with E-state index >= 15 is 0 Å². The van der Waals surface area contributed by atoms with Gasteiger partial charge in [-0.1, -0.05) is 30.3 Å². The first-order valence-electron chi connectivity index (χ1n) is 11.4. The Kier molecular flexibility index (Phi) is 4.87. The molecule has 4 heterocycles. The van der Waals surface area contributed by atoms with Crippen molar-refractivity contribution >= 4 is 28.7 Å². The first-order chi connectivity index (χ1) is 16.3. The number of para-hydroxylation sites is 1. The second kappa shape index (κ2) is 8.16. The number of pyridine rings is 1. The number of nitrogens with one attached hydrogen (secondary N) is 1. The first kappa shape index (κ1) is 19.7. The van der Waals surface area contributed by atoms with E-state index in [-0.39, 0.29) is 12.1 Å². The van der Waals surface area contributed by atoms with Gasteiger partial charge in [0.25, 0.3) is 0 Å². The molecule has 0 saturated carbocycles. The van der Waals surface area contributed by atoms with Crippen LogP contribution in [0, 0.1) is 0 Å². The van der Waals surface area contributed by atoms with Crippen molar-refractivity contribution in [2.24, 2.45) is 0 Å². The van der Waals surface area contributed by atoms with Crippen LogP contribution in [0.3, 0.4) is 0 Å². The normalized spacial score (nSPS) is 18.7. The largest absolute Gasteiger partial charge is 0.368 e. The summed E-state index contributed by atoms with van der Waals surface area (Å²) in [5.41, 5.74) is 5.34. The molecule has 4 aromatic rings. The van der Waals surface area contributed by atoms with Gasteiger partial charge in [0.1, 0.15) is 5.65 Å². The molecular formula is C26H26N6O. The Morgan fingerprint density at radius 1 is 0.788 bits per heavy atom. The van der Waals surface area contributed by atoms with Crippen molar-refractivity contribution in [3.05, 3.63) is 90.9 Å². The Labute approximate surface area is 192 Å². The van der Waals surface area contributed by atoms with E-state index in [1.807, 2.05) is 33.8 Å². The number of nitrogens with zero attached hydrogens (tertiary/aromatic N) is 5. The van der Waals surface area contributed by atoms with E-state index in [1.165, 1.54) is 11.4 Å². The molecule has 1 atom stereocenters. The fourth-order valence-electron chi connectivity index (χ4n) is 4.88. The van der Waals surface area contributed by atoms with E-state index in [0.717, 1.165) is 43.1 Å². The number of carbonyl (C=O) groups is 1. The second-order valence-electron chi connectivity index (χ2n) is 8.55. The minimum absolute atomic E-state index is 0.0427. The lowest BCUT2D eigenvalue weighted by molar-refractivity contribution is 0.251. The number of aromatic nitrogens is 2. The Hall–Kier alpha value is -4.00. The van der Waals surface area contributed by atoms with Gasteiger partial charge in [-0.3, -0.25) is 4.90 Å². The lowest BCUT2D eigenvalue weighted by Crippen LogP contribution is -2.46. The number of amides is 2. The van der Waals surface area contributed by atoms with E-state index in [0.29, 0.717) is 6.54 Å². The lowest BCUT2D eigenvalue weighted by atomic mass is 10.0. The molecule has 0 aliphatic carbocycles. The van der Waals surface area contributed by atoms with E-state index in [9.17, 15) is 4.79 Å². The molecule has 33 heavy (non-hydrogen) atoms. The monoisotopic (exact) mass is 438 g/mol. The molecule has 1 N–H and O–H groups in total. The van der Waals surface area contributed by atoms with Crippen molar-refractivity contribution in [1.82, 2.24) is 14.7 Å². The fourth-order valence-corrected chi connectivity index (χ4v) is 4.88. The van der Waals surface area contributed by atoms with Gasteiger partial charge in [0, 0.05) is 68.8 Å². The Morgan fingerprint density at radius 2 is 1.48 bits per heavy atom. The summed E-state index contributed by atoms with van der Waals surface area (Å²) in [4.78, 5) is 23.7. The van der Waals surface area contributed by atoms with Crippen molar-refractivity contribution in [3.63, 3.8) is 0 Å². The maximum atomic E-state index is 12.7. The van der Waals surface area contributed by atoms with Gasteiger partial charge in [-0.25, -0.2) is 9.78 Å². The maximum absolute atomic E-state index is 12.7. The minimum Gasteiger partial charge on any atom is -0.368 e. The summed E-state index contributed by atoms with van der Waals surface area (Å²) in [6.45, 7) is 4.60. The molecule has 7 nitrogen and oxygen atoms in total. The predicted molar refractivity (Wildman–Crippen MR) is 131 cm³/mol. The summed E-state index contributed by atoms with van der Waals surface area (Å²) >= 11 is 0. The highest BCUT2D eigenvalue weighted by molar-refractivity contribution is 5.95. The van der Waals surface area contributed by atoms with Gasteiger partial charge >= 0.3 is 6.03 Å². The van der Waals surface area contributed by atoms with Gasteiger partial charge in [-0.15, -0.1) is 0 Å². The van der Waals surface area contributed by atoms with Crippen molar-refractivity contribution in [2.75, 3.05) is 47.4 Å². The molecule has 2 saturated heterocycles. The molecule has 2 aliphatic heterocycles. The number of benzene rings is 2. The van der Waals surface area contributed by atoms with Crippen molar-refractivity contribution in [3.8, 4) is 0 Å².